The first-order valence-electron chi connectivity index (χ1n) is 13.8. The van der Waals surface area contributed by atoms with E-state index in [-0.39, 0.29) is 18.4 Å². The van der Waals surface area contributed by atoms with Gasteiger partial charge in [0.25, 0.3) is 0 Å². The predicted octanol–water partition coefficient (Wildman–Crippen LogP) is 4.91. The quantitative estimate of drug-likeness (QED) is 0.426. The standard InChI is InChI=1S/C25H39F3N3O3.C3H8/c1-5-7-19(8-6-11-29(3)22-10-13-34-17-18(22)2)24(32)30-12-9-23-20(15-30)14-21(25(26,27)28)16-31(23)33-4;1-3-2/h14,16,18-19,22H,5-13,15,17H2,1-4H3;3H2,1-2H3/q+1;/t18?,19-,22?;/m1./s1. The van der Waals surface area contributed by atoms with E-state index in [0.29, 0.717) is 36.2 Å². The SMILES string of the molecule is CCC.CCC[C@H](CCCN(C)C1CCOCC1C)C(=O)N1CCc2c(cc(C(F)(F)F)c[n+]2OC)C1. The van der Waals surface area contributed by atoms with Gasteiger partial charge in [-0.2, -0.15) is 13.2 Å². The maximum Gasteiger partial charge on any atom is 0.422 e. The minimum Gasteiger partial charge on any atom is -0.381 e. The number of nitrogens with zero attached hydrogens (tertiary/aromatic N) is 3. The van der Waals surface area contributed by atoms with Crippen molar-refractivity contribution in [3.05, 3.63) is 29.1 Å². The molecule has 0 radical (unpaired) electrons. The second-order valence-electron chi connectivity index (χ2n) is 10.4. The number of alkyl halides is 3. The Morgan fingerprint density at radius 1 is 1.30 bits per heavy atom. The lowest BCUT2D eigenvalue weighted by atomic mass is 9.93. The van der Waals surface area contributed by atoms with Crippen molar-refractivity contribution in [1.82, 2.24) is 9.80 Å². The zero-order valence-electron chi connectivity index (χ0n) is 23.6. The maximum atomic E-state index is 13.4. The van der Waals surface area contributed by atoms with Gasteiger partial charge in [0.05, 0.1) is 19.6 Å². The molecule has 0 spiro atoms. The van der Waals surface area contributed by atoms with Crippen LogP contribution in [0.5, 0.6) is 0 Å². The lowest BCUT2D eigenvalue weighted by molar-refractivity contribution is -0.891. The molecule has 0 saturated carbocycles. The summed E-state index contributed by atoms with van der Waals surface area (Å²) < 4.78 is 46.8. The van der Waals surface area contributed by atoms with Crippen LogP contribution in [0.1, 0.15) is 83.0 Å². The fraction of sp³-hybridized carbons (Fsp3) is 0.786. The van der Waals surface area contributed by atoms with Gasteiger partial charge in [0.1, 0.15) is 12.7 Å². The Kier molecular flexibility index (Phi) is 12.6. The van der Waals surface area contributed by atoms with Crippen molar-refractivity contribution < 1.29 is 32.3 Å². The second kappa shape index (κ2) is 14.9. The van der Waals surface area contributed by atoms with E-state index in [2.05, 4.69) is 39.6 Å². The first-order chi connectivity index (χ1) is 17.6. The number of carbonyl (C=O) groups excluding carboxylic acids is 1. The summed E-state index contributed by atoms with van der Waals surface area (Å²) in [6.07, 6.45) is 2.66. The number of aromatic nitrogens is 1. The van der Waals surface area contributed by atoms with Gasteiger partial charge in [0, 0.05) is 35.4 Å². The van der Waals surface area contributed by atoms with Gasteiger partial charge in [0.15, 0.2) is 0 Å². The summed E-state index contributed by atoms with van der Waals surface area (Å²) in [6.45, 7) is 11.7. The molecule has 0 aliphatic carbocycles. The van der Waals surface area contributed by atoms with Crippen LogP contribution in [0.3, 0.4) is 0 Å². The van der Waals surface area contributed by atoms with Gasteiger partial charge in [-0.3, -0.25) is 9.63 Å². The number of amides is 1. The van der Waals surface area contributed by atoms with Crippen molar-refractivity contribution in [3.8, 4) is 0 Å². The monoisotopic (exact) mass is 530 g/mol. The van der Waals surface area contributed by atoms with Crippen LogP contribution in [0, 0.1) is 11.8 Å². The van der Waals surface area contributed by atoms with Gasteiger partial charge in [0.2, 0.25) is 17.8 Å². The van der Waals surface area contributed by atoms with Crippen LogP contribution < -0.4 is 9.57 Å². The number of hydrogen-bond donors (Lipinski definition) is 0. The topological polar surface area (TPSA) is 45.9 Å². The molecule has 2 aliphatic rings. The largest absolute Gasteiger partial charge is 0.422 e. The zero-order valence-corrected chi connectivity index (χ0v) is 23.6. The Balaban J connectivity index is 0.00000153. The third-order valence-electron chi connectivity index (χ3n) is 7.25. The minimum atomic E-state index is -4.47. The molecule has 0 bridgehead atoms. The van der Waals surface area contributed by atoms with Crippen molar-refractivity contribution >= 4 is 5.91 Å². The Hall–Kier alpha value is -1.87. The van der Waals surface area contributed by atoms with E-state index in [0.717, 1.165) is 64.1 Å². The molecule has 1 aromatic rings. The molecule has 0 aromatic carbocycles. The first kappa shape index (κ1) is 31.3. The molecule has 9 heteroatoms. The highest BCUT2D eigenvalue weighted by molar-refractivity contribution is 5.79. The molecule has 1 saturated heterocycles. The molecule has 212 valence electrons. The number of hydrogen-bond acceptors (Lipinski definition) is 4. The number of pyridine rings is 1. The fourth-order valence-corrected chi connectivity index (χ4v) is 5.37. The van der Waals surface area contributed by atoms with Crippen LogP contribution in [0.2, 0.25) is 0 Å². The van der Waals surface area contributed by atoms with Gasteiger partial charge < -0.3 is 14.5 Å². The van der Waals surface area contributed by atoms with Crippen LogP contribution >= 0.6 is 0 Å². The smallest absolute Gasteiger partial charge is 0.381 e. The number of ether oxygens (including phenoxy) is 1. The highest BCUT2D eigenvalue weighted by atomic mass is 19.4. The van der Waals surface area contributed by atoms with Crippen molar-refractivity contribution in [2.45, 2.75) is 91.4 Å². The summed E-state index contributed by atoms with van der Waals surface area (Å²) in [5.41, 5.74) is 0.427. The van der Waals surface area contributed by atoms with Gasteiger partial charge in [-0.1, -0.05) is 40.5 Å². The summed E-state index contributed by atoms with van der Waals surface area (Å²) >= 11 is 0. The molecule has 1 fully saturated rings. The third-order valence-corrected chi connectivity index (χ3v) is 7.25. The summed E-state index contributed by atoms with van der Waals surface area (Å²) in [7, 11) is 3.50. The van der Waals surface area contributed by atoms with E-state index in [9.17, 15) is 18.0 Å². The molecule has 3 heterocycles. The Labute approximate surface area is 221 Å². The molecule has 2 aliphatic heterocycles. The second-order valence-corrected chi connectivity index (χ2v) is 10.4. The summed E-state index contributed by atoms with van der Waals surface area (Å²) in [5.74, 6) is 0.445. The van der Waals surface area contributed by atoms with E-state index >= 15 is 0 Å². The molecule has 2 unspecified atom stereocenters. The molecular weight excluding hydrogens is 483 g/mol. The number of fused-ring (bicyclic) bond motifs is 1. The van der Waals surface area contributed by atoms with Crippen LogP contribution in [-0.2, 0) is 28.7 Å². The van der Waals surface area contributed by atoms with E-state index in [1.54, 1.807) is 4.90 Å². The molecule has 1 amide bonds. The molecule has 3 rings (SSSR count). The van der Waals surface area contributed by atoms with E-state index < -0.39 is 11.7 Å². The Morgan fingerprint density at radius 3 is 2.59 bits per heavy atom. The molecular formula is C28H47F3N3O3+. The third kappa shape index (κ3) is 8.84. The van der Waals surface area contributed by atoms with Crippen molar-refractivity contribution in [1.29, 1.82) is 0 Å². The first-order valence-corrected chi connectivity index (χ1v) is 13.8. The average molecular weight is 531 g/mol. The molecule has 6 nitrogen and oxygen atoms in total. The van der Waals surface area contributed by atoms with Crippen molar-refractivity contribution in [2.24, 2.45) is 11.8 Å². The summed E-state index contributed by atoms with van der Waals surface area (Å²) in [6, 6.07) is 1.66. The fourth-order valence-electron chi connectivity index (χ4n) is 5.37. The molecule has 37 heavy (non-hydrogen) atoms. The van der Waals surface area contributed by atoms with Gasteiger partial charge in [-0.15, -0.1) is 0 Å². The highest BCUT2D eigenvalue weighted by Gasteiger charge is 2.38. The minimum absolute atomic E-state index is 0.0518. The molecule has 0 N–H and O–H groups in total. The molecule has 3 atom stereocenters. The summed E-state index contributed by atoms with van der Waals surface area (Å²) in [5, 5.41) is 0. The number of rotatable bonds is 9. The van der Waals surface area contributed by atoms with Gasteiger partial charge >= 0.3 is 6.18 Å². The predicted molar refractivity (Wildman–Crippen MR) is 138 cm³/mol. The van der Waals surface area contributed by atoms with Gasteiger partial charge in [-0.25, -0.2) is 0 Å². The molecule has 1 aromatic heterocycles. The van der Waals surface area contributed by atoms with Crippen LogP contribution in [0.15, 0.2) is 12.3 Å². The van der Waals surface area contributed by atoms with E-state index in [1.165, 1.54) is 18.3 Å². The lowest BCUT2D eigenvalue weighted by Crippen LogP contribution is -2.50. The van der Waals surface area contributed by atoms with Crippen LogP contribution in [0.4, 0.5) is 13.2 Å². The lowest BCUT2D eigenvalue weighted by Gasteiger charge is -2.36. The van der Waals surface area contributed by atoms with Crippen molar-refractivity contribution in [2.75, 3.05) is 40.5 Å². The normalized spacial score (nSPS) is 20.6. The van der Waals surface area contributed by atoms with Crippen molar-refractivity contribution in [3.63, 3.8) is 0 Å². The number of halogens is 3. The average Bonchev–Trinajstić information content (AvgIpc) is 2.86. The summed E-state index contributed by atoms with van der Waals surface area (Å²) in [4.78, 5) is 22.7. The van der Waals surface area contributed by atoms with Crippen LogP contribution in [-0.4, -0.2) is 62.2 Å². The maximum absolute atomic E-state index is 13.4. The zero-order chi connectivity index (χ0) is 27.6. The Bertz CT molecular complexity index is 850. The van der Waals surface area contributed by atoms with E-state index in [1.807, 2.05) is 0 Å². The van der Waals surface area contributed by atoms with E-state index in [4.69, 9.17) is 9.57 Å². The van der Waals surface area contributed by atoms with Crippen LogP contribution in [0.25, 0.3) is 0 Å². The van der Waals surface area contributed by atoms with Gasteiger partial charge in [-0.05, 0) is 51.3 Å². The number of carbonyl (C=O) groups is 1. The Morgan fingerprint density at radius 2 is 2.00 bits per heavy atom. The highest BCUT2D eigenvalue weighted by Crippen LogP contribution is 2.31.